The molecular weight excluding hydrogens is 501 g/mol. The van der Waals surface area contributed by atoms with E-state index in [0.717, 1.165) is 84.6 Å². The molecule has 0 spiro atoms. The summed E-state index contributed by atoms with van der Waals surface area (Å²) >= 11 is 1.58. The number of rotatable bonds is 9. The van der Waals surface area contributed by atoms with Crippen molar-refractivity contribution in [1.82, 2.24) is 4.90 Å². The van der Waals surface area contributed by atoms with Crippen molar-refractivity contribution >= 4 is 44.7 Å². The molecule has 5 rings (SSSR count). The van der Waals surface area contributed by atoms with Gasteiger partial charge in [0, 0.05) is 60.6 Å². The molecular formula is C30H36FN3O3S. The number of carbonyl (C=O) groups excluding carboxylic acids is 2. The van der Waals surface area contributed by atoms with Crippen molar-refractivity contribution in [3.63, 3.8) is 0 Å². The second-order valence-corrected chi connectivity index (χ2v) is 11.2. The van der Waals surface area contributed by atoms with Gasteiger partial charge in [0.2, 0.25) is 5.91 Å². The van der Waals surface area contributed by atoms with Gasteiger partial charge in [-0.25, -0.2) is 9.18 Å². The number of hydrogen-bond acceptors (Lipinski definition) is 6. The summed E-state index contributed by atoms with van der Waals surface area (Å²) in [6.45, 7) is 6.54. The quantitative estimate of drug-likeness (QED) is 0.342. The largest absolute Gasteiger partial charge is 0.467 e. The van der Waals surface area contributed by atoms with Gasteiger partial charge in [-0.15, -0.1) is 11.3 Å². The Morgan fingerprint density at radius 1 is 1.08 bits per heavy atom. The van der Waals surface area contributed by atoms with E-state index in [9.17, 15) is 14.0 Å². The third-order valence-corrected chi connectivity index (χ3v) is 8.71. The van der Waals surface area contributed by atoms with E-state index in [4.69, 9.17) is 4.74 Å². The van der Waals surface area contributed by atoms with Crippen LogP contribution in [0.2, 0.25) is 0 Å². The smallest absolute Gasteiger partial charge is 0.328 e. The van der Waals surface area contributed by atoms with E-state index in [1.54, 1.807) is 28.4 Å². The van der Waals surface area contributed by atoms with Crippen LogP contribution in [0.3, 0.4) is 0 Å². The van der Waals surface area contributed by atoms with E-state index in [-0.39, 0.29) is 17.7 Å². The predicted molar refractivity (Wildman–Crippen MR) is 152 cm³/mol. The minimum Gasteiger partial charge on any atom is -0.467 e. The molecule has 0 aliphatic carbocycles. The lowest BCUT2D eigenvalue weighted by Crippen LogP contribution is -2.48. The number of methoxy groups -OCH3 is 1. The second kappa shape index (κ2) is 11.8. The number of unbranched alkanes of at least 4 members (excludes halogenated alkanes) is 1. The molecule has 2 aliphatic rings. The van der Waals surface area contributed by atoms with Gasteiger partial charge in [-0.1, -0.05) is 31.9 Å². The molecule has 1 atom stereocenters. The molecule has 6 nitrogen and oxygen atoms in total. The molecule has 2 aromatic carbocycles. The first-order chi connectivity index (χ1) is 18.5. The highest BCUT2D eigenvalue weighted by Crippen LogP contribution is 2.34. The molecule has 3 aromatic rings. The third kappa shape index (κ3) is 5.57. The number of piperazine rings is 1. The molecule has 0 radical (unpaired) electrons. The lowest BCUT2D eigenvalue weighted by atomic mass is 9.95. The number of amides is 1. The van der Waals surface area contributed by atoms with Gasteiger partial charge < -0.3 is 9.64 Å². The Bertz CT molecular complexity index is 1300. The van der Waals surface area contributed by atoms with Crippen LogP contribution in [0.15, 0.2) is 41.8 Å². The highest BCUT2D eigenvalue weighted by atomic mass is 32.1. The first kappa shape index (κ1) is 26.6. The van der Waals surface area contributed by atoms with E-state index in [0.29, 0.717) is 19.3 Å². The molecule has 202 valence electrons. The Labute approximate surface area is 228 Å². The van der Waals surface area contributed by atoms with Crippen LogP contribution in [0.4, 0.5) is 15.8 Å². The van der Waals surface area contributed by atoms with Crippen molar-refractivity contribution in [2.24, 2.45) is 0 Å². The fourth-order valence-electron chi connectivity index (χ4n) is 5.71. The molecule has 1 unspecified atom stereocenters. The van der Waals surface area contributed by atoms with Gasteiger partial charge >= 0.3 is 5.97 Å². The highest BCUT2D eigenvalue weighted by Gasteiger charge is 2.35. The summed E-state index contributed by atoms with van der Waals surface area (Å²) in [4.78, 5) is 32.1. The average molecular weight is 538 g/mol. The zero-order valence-corrected chi connectivity index (χ0v) is 23.1. The summed E-state index contributed by atoms with van der Waals surface area (Å²) in [5.41, 5.74) is 4.13. The standard InChI is InChI=1S/C30H36FN3O3S/c1-3-4-5-25(30(36)37-2)34-26-18-21(6-7-22(26)8-9-29(34)35)10-12-32-13-15-33(16-14-32)27-19-23(31)20-28-24(27)11-17-38-28/h6-7,11,17-20,25H,3-5,8-10,12-16H2,1-2H3. The SMILES string of the molecule is CCCCC(C(=O)OC)N1C(=O)CCc2ccc(CCN3CCN(c4cc(F)cc5sccc45)CC3)cc21. The molecule has 0 bridgehead atoms. The summed E-state index contributed by atoms with van der Waals surface area (Å²) < 4.78 is 20.3. The van der Waals surface area contributed by atoms with Gasteiger partial charge in [0.25, 0.3) is 0 Å². The number of ether oxygens (including phenoxy) is 1. The lowest BCUT2D eigenvalue weighted by Gasteiger charge is -2.37. The molecule has 38 heavy (non-hydrogen) atoms. The predicted octanol–water partition coefficient (Wildman–Crippen LogP) is 5.42. The third-order valence-electron chi connectivity index (χ3n) is 7.85. The number of carbonyl (C=O) groups is 2. The van der Waals surface area contributed by atoms with E-state index in [1.165, 1.54) is 7.11 Å². The van der Waals surface area contributed by atoms with Crippen molar-refractivity contribution in [3.05, 3.63) is 58.7 Å². The van der Waals surface area contributed by atoms with E-state index in [2.05, 4.69) is 41.0 Å². The van der Waals surface area contributed by atoms with Gasteiger partial charge in [0.05, 0.1) is 7.11 Å². The van der Waals surface area contributed by atoms with Crippen LogP contribution < -0.4 is 9.80 Å². The fraction of sp³-hybridized carbons (Fsp3) is 0.467. The number of esters is 1. The Balaban J connectivity index is 1.25. The van der Waals surface area contributed by atoms with Gasteiger partial charge in [-0.3, -0.25) is 14.6 Å². The first-order valence-corrected chi connectivity index (χ1v) is 14.5. The zero-order valence-electron chi connectivity index (χ0n) is 22.2. The minimum atomic E-state index is -0.577. The van der Waals surface area contributed by atoms with Crippen LogP contribution in [0, 0.1) is 5.82 Å². The van der Waals surface area contributed by atoms with Gasteiger partial charge in [-0.05, 0) is 60.0 Å². The molecule has 2 aliphatic heterocycles. The van der Waals surface area contributed by atoms with Crippen molar-refractivity contribution in [3.8, 4) is 0 Å². The maximum atomic E-state index is 14.2. The zero-order chi connectivity index (χ0) is 26.6. The number of halogens is 1. The normalized spacial score (nSPS) is 17.1. The summed E-state index contributed by atoms with van der Waals surface area (Å²) in [6, 6.07) is 11.2. The number of hydrogen-bond donors (Lipinski definition) is 0. The molecule has 1 saturated heterocycles. The highest BCUT2D eigenvalue weighted by molar-refractivity contribution is 7.17. The molecule has 0 saturated carbocycles. The van der Waals surface area contributed by atoms with Crippen LogP contribution in [-0.4, -0.2) is 62.7 Å². The Morgan fingerprint density at radius 3 is 2.66 bits per heavy atom. The summed E-state index contributed by atoms with van der Waals surface area (Å²) in [5.74, 6) is -0.531. The number of aryl methyl sites for hydroxylation is 1. The Hall–Kier alpha value is -2.97. The molecule has 0 N–H and O–H groups in total. The van der Waals surface area contributed by atoms with Crippen LogP contribution in [0.25, 0.3) is 10.1 Å². The van der Waals surface area contributed by atoms with E-state index in [1.807, 2.05) is 5.38 Å². The van der Waals surface area contributed by atoms with E-state index < -0.39 is 6.04 Å². The van der Waals surface area contributed by atoms with Gasteiger partial charge in [-0.2, -0.15) is 0 Å². The van der Waals surface area contributed by atoms with Crippen LogP contribution in [-0.2, 0) is 27.2 Å². The average Bonchev–Trinajstić information content (AvgIpc) is 3.41. The number of fused-ring (bicyclic) bond motifs is 2. The van der Waals surface area contributed by atoms with Crippen molar-refractivity contribution < 1.29 is 18.7 Å². The van der Waals surface area contributed by atoms with E-state index >= 15 is 0 Å². The summed E-state index contributed by atoms with van der Waals surface area (Å²) in [7, 11) is 1.39. The second-order valence-electron chi connectivity index (χ2n) is 10.2. The van der Waals surface area contributed by atoms with Crippen molar-refractivity contribution in [2.75, 3.05) is 49.6 Å². The maximum absolute atomic E-state index is 14.2. The topological polar surface area (TPSA) is 53.1 Å². The van der Waals surface area contributed by atoms with Crippen molar-refractivity contribution in [1.29, 1.82) is 0 Å². The lowest BCUT2D eigenvalue weighted by molar-refractivity contribution is -0.143. The molecule has 1 amide bonds. The number of benzene rings is 2. The molecule has 8 heteroatoms. The maximum Gasteiger partial charge on any atom is 0.328 e. The molecule has 1 aromatic heterocycles. The number of thiophene rings is 1. The minimum absolute atomic E-state index is 0.00523. The fourth-order valence-corrected chi connectivity index (χ4v) is 6.54. The van der Waals surface area contributed by atoms with Crippen LogP contribution in [0.1, 0.15) is 43.7 Å². The molecule has 3 heterocycles. The summed E-state index contributed by atoms with van der Waals surface area (Å²) in [5, 5.41) is 3.15. The monoisotopic (exact) mass is 537 g/mol. The van der Waals surface area contributed by atoms with Crippen molar-refractivity contribution in [2.45, 2.75) is 51.5 Å². The number of nitrogens with zero attached hydrogens (tertiary/aromatic N) is 3. The van der Waals surface area contributed by atoms with Gasteiger partial charge in [0.15, 0.2) is 0 Å². The Kier molecular flexibility index (Phi) is 8.29. The van der Waals surface area contributed by atoms with Crippen LogP contribution in [0.5, 0.6) is 0 Å². The molecule has 1 fully saturated rings. The van der Waals surface area contributed by atoms with Gasteiger partial charge in [0.1, 0.15) is 11.9 Å². The summed E-state index contributed by atoms with van der Waals surface area (Å²) in [6.07, 6.45) is 4.39. The number of anilines is 2. The van der Waals surface area contributed by atoms with Crippen LogP contribution >= 0.6 is 11.3 Å². The Morgan fingerprint density at radius 2 is 1.89 bits per heavy atom. The first-order valence-electron chi connectivity index (χ1n) is 13.6.